The van der Waals surface area contributed by atoms with Gasteiger partial charge in [0.15, 0.2) is 6.29 Å². The summed E-state index contributed by atoms with van der Waals surface area (Å²) in [4.78, 5) is 10.6. The number of carboxylic acids is 1. The molecule has 0 aromatic heterocycles. The number of para-hydroxylation sites is 1. The summed E-state index contributed by atoms with van der Waals surface area (Å²) in [6.45, 7) is 1.01. The highest BCUT2D eigenvalue weighted by atomic mass is 16.7. The van der Waals surface area contributed by atoms with Crippen LogP contribution in [0, 0.1) is 11.8 Å². The van der Waals surface area contributed by atoms with Crippen LogP contribution in [0.15, 0.2) is 54.6 Å². The van der Waals surface area contributed by atoms with Crippen molar-refractivity contribution in [2.45, 2.75) is 76.0 Å². The highest BCUT2D eigenvalue weighted by Gasteiger charge is 2.39. The van der Waals surface area contributed by atoms with Crippen LogP contribution in [0.1, 0.15) is 51.4 Å². The van der Waals surface area contributed by atoms with Crippen LogP contribution in [0.4, 0.5) is 0 Å². The molecule has 7 nitrogen and oxygen atoms in total. The van der Waals surface area contributed by atoms with E-state index in [9.17, 15) is 15.0 Å². The molecule has 0 spiro atoms. The third kappa shape index (κ3) is 8.87. The smallest absolute Gasteiger partial charge is 0.303 e. The topological polar surface area (TPSA) is 105 Å². The van der Waals surface area contributed by atoms with Crippen molar-refractivity contribution in [3.8, 4) is 5.75 Å². The molecule has 1 aromatic rings. The Labute approximate surface area is 202 Å². The predicted octanol–water partition coefficient (Wildman–Crippen LogP) is 4.09. The highest BCUT2D eigenvalue weighted by molar-refractivity contribution is 5.66. The van der Waals surface area contributed by atoms with Crippen molar-refractivity contribution in [2.24, 2.45) is 11.8 Å². The van der Waals surface area contributed by atoms with Crippen LogP contribution in [0.25, 0.3) is 0 Å². The van der Waals surface area contributed by atoms with E-state index >= 15 is 0 Å². The van der Waals surface area contributed by atoms with Gasteiger partial charge in [-0.1, -0.05) is 42.5 Å². The second-order valence-corrected chi connectivity index (χ2v) is 9.08. The molecule has 7 heteroatoms. The lowest BCUT2D eigenvalue weighted by Gasteiger charge is -2.27. The molecule has 1 aliphatic carbocycles. The first-order valence-electron chi connectivity index (χ1n) is 12.4. The molecule has 3 rings (SSSR count). The summed E-state index contributed by atoms with van der Waals surface area (Å²) in [7, 11) is 0. The van der Waals surface area contributed by atoms with Gasteiger partial charge < -0.3 is 29.5 Å². The van der Waals surface area contributed by atoms with E-state index < -0.39 is 18.2 Å². The van der Waals surface area contributed by atoms with Crippen LogP contribution >= 0.6 is 0 Å². The van der Waals surface area contributed by atoms with Gasteiger partial charge in [-0.2, -0.15) is 0 Å². The predicted molar refractivity (Wildman–Crippen MR) is 128 cm³/mol. The molecule has 1 saturated heterocycles. The number of aliphatic carboxylic acids is 1. The Morgan fingerprint density at radius 3 is 2.71 bits per heavy atom. The first-order valence-corrected chi connectivity index (χ1v) is 12.4. The first kappa shape index (κ1) is 26.4. The third-order valence-electron chi connectivity index (χ3n) is 6.42. The minimum absolute atomic E-state index is 0.108. The standard InChI is InChI=1S/C27H38O7/c28-24-18-25(29)23(22(24)12-6-1-2-7-13-26(30)31)16-15-21(34-27-14-8-9-17-32-27)19-33-20-10-4-3-5-11-20/h1,3-6,10-11,15-16,21-25,27-29H,2,7-9,12-14,17-19H2,(H,30,31)/b6-1-,16-15+/t21-,22+,23+,24+,25+,27?/m0/s1. The minimum Gasteiger partial charge on any atom is -0.491 e. The maximum Gasteiger partial charge on any atom is 0.303 e. The van der Waals surface area contributed by atoms with Gasteiger partial charge in [0.05, 0.1) is 12.2 Å². The number of aliphatic hydroxyl groups is 2. The van der Waals surface area contributed by atoms with E-state index in [0.717, 1.165) is 25.0 Å². The van der Waals surface area contributed by atoms with Crippen LogP contribution in [0.3, 0.4) is 0 Å². The Hall–Kier alpha value is -2.19. The zero-order chi connectivity index (χ0) is 24.2. The molecule has 2 fully saturated rings. The number of aliphatic hydroxyl groups excluding tert-OH is 2. The molecule has 0 radical (unpaired) electrons. The molecule has 2 aliphatic rings. The molecule has 1 saturated carbocycles. The third-order valence-corrected chi connectivity index (χ3v) is 6.42. The maximum absolute atomic E-state index is 10.6. The SMILES string of the molecule is O=C(O)CCC/C=C\C[C@@H]1[C@@H](/C=C/[C@@H](COc2ccccc2)OC2CCCCO2)[C@H](O)C[C@H]1O. The number of rotatable bonds is 13. The molecular formula is C27H38O7. The largest absolute Gasteiger partial charge is 0.491 e. The Bertz CT molecular complexity index is 772. The second kappa shape index (κ2) is 14.3. The average Bonchev–Trinajstić information content (AvgIpc) is 3.11. The summed E-state index contributed by atoms with van der Waals surface area (Å²) in [5, 5.41) is 29.8. The summed E-state index contributed by atoms with van der Waals surface area (Å²) >= 11 is 0. The molecule has 3 N–H and O–H groups in total. The van der Waals surface area contributed by atoms with Crippen molar-refractivity contribution >= 4 is 5.97 Å². The number of carboxylic acid groups (broad SMARTS) is 1. The fourth-order valence-corrected chi connectivity index (χ4v) is 4.55. The normalized spacial score (nSPS) is 28.5. The zero-order valence-electron chi connectivity index (χ0n) is 19.7. The van der Waals surface area contributed by atoms with Gasteiger partial charge in [0.2, 0.25) is 0 Å². The van der Waals surface area contributed by atoms with Crippen LogP contribution in [0.5, 0.6) is 5.75 Å². The molecule has 1 heterocycles. The van der Waals surface area contributed by atoms with Gasteiger partial charge in [-0.05, 0) is 56.6 Å². The molecule has 34 heavy (non-hydrogen) atoms. The monoisotopic (exact) mass is 474 g/mol. The minimum atomic E-state index is -0.792. The number of carbonyl (C=O) groups is 1. The summed E-state index contributed by atoms with van der Waals surface area (Å²) in [5.41, 5.74) is 0. The summed E-state index contributed by atoms with van der Waals surface area (Å²) in [5.74, 6) is -0.340. The Morgan fingerprint density at radius 1 is 1.15 bits per heavy atom. The molecular weight excluding hydrogens is 436 g/mol. The molecule has 6 atom stereocenters. The van der Waals surface area contributed by atoms with Gasteiger partial charge in [-0.3, -0.25) is 4.79 Å². The van der Waals surface area contributed by atoms with E-state index in [-0.39, 0.29) is 30.7 Å². The number of hydrogen-bond acceptors (Lipinski definition) is 6. The number of allylic oxidation sites excluding steroid dienone is 2. The molecule has 0 amide bonds. The zero-order valence-corrected chi connectivity index (χ0v) is 19.7. The summed E-state index contributed by atoms with van der Waals surface area (Å²) in [6, 6.07) is 9.56. The van der Waals surface area contributed by atoms with Gasteiger partial charge in [0, 0.05) is 25.4 Å². The van der Waals surface area contributed by atoms with E-state index in [0.29, 0.717) is 38.9 Å². The number of benzene rings is 1. The van der Waals surface area contributed by atoms with Crippen LogP contribution in [-0.4, -0.2) is 59.1 Å². The van der Waals surface area contributed by atoms with Crippen molar-refractivity contribution in [2.75, 3.05) is 13.2 Å². The lowest BCUT2D eigenvalue weighted by molar-refractivity contribution is -0.182. The molecule has 1 aliphatic heterocycles. The van der Waals surface area contributed by atoms with Crippen molar-refractivity contribution < 1.29 is 34.3 Å². The maximum atomic E-state index is 10.6. The molecule has 0 bridgehead atoms. The van der Waals surface area contributed by atoms with Gasteiger partial charge >= 0.3 is 5.97 Å². The summed E-state index contributed by atoms with van der Waals surface area (Å²) in [6.07, 6.45) is 11.3. The van der Waals surface area contributed by atoms with E-state index in [2.05, 4.69) is 0 Å². The number of unbranched alkanes of at least 4 members (excludes halogenated alkanes) is 1. The van der Waals surface area contributed by atoms with Gasteiger partial charge in [-0.15, -0.1) is 0 Å². The Balaban J connectivity index is 1.60. The average molecular weight is 475 g/mol. The van der Waals surface area contributed by atoms with Crippen LogP contribution < -0.4 is 4.74 Å². The summed E-state index contributed by atoms with van der Waals surface area (Å²) < 4.78 is 17.8. The Kier molecular flexibility index (Phi) is 11.1. The lowest BCUT2D eigenvalue weighted by Crippen LogP contribution is -2.31. The first-order chi connectivity index (χ1) is 16.5. The van der Waals surface area contributed by atoms with Gasteiger partial charge in [0.25, 0.3) is 0 Å². The van der Waals surface area contributed by atoms with Crippen molar-refractivity contribution in [3.63, 3.8) is 0 Å². The van der Waals surface area contributed by atoms with E-state index in [1.54, 1.807) is 0 Å². The van der Waals surface area contributed by atoms with Crippen LogP contribution in [0.2, 0.25) is 0 Å². The van der Waals surface area contributed by atoms with Gasteiger partial charge in [0.1, 0.15) is 18.5 Å². The molecule has 1 aromatic carbocycles. The molecule has 188 valence electrons. The van der Waals surface area contributed by atoms with Crippen molar-refractivity contribution in [1.29, 1.82) is 0 Å². The fourth-order valence-electron chi connectivity index (χ4n) is 4.55. The van der Waals surface area contributed by atoms with Crippen LogP contribution in [-0.2, 0) is 14.3 Å². The number of hydrogen-bond donors (Lipinski definition) is 3. The van der Waals surface area contributed by atoms with E-state index in [4.69, 9.17) is 19.3 Å². The second-order valence-electron chi connectivity index (χ2n) is 9.08. The fraction of sp³-hybridized carbons (Fsp3) is 0.593. The van der Waals surface area contributed by atoms with Gasteiger partial charge in [-0.25, -0.2) is 0 Å². The van der Waals surface area contributed by atoms with Crippen molar-refractivity contribution in [1.82, 2.24) is 0 Å². The quantitative estimate of drug-likeness (QED) is 0.292. The van der Waals surface area contributed by atoms with E-state index in [1.807, 2.05) is 54.6 Å². The van der Waals surface area contributed by atoms with Crippen molar-refractivity contribution in [3.05, 3.63) is 54.6 Å². The Morgan fingerprint density at radius 2 is 1.97 bits per heavy atom. The highest BCUT2D eigenvalue weighted by Crippen LogP contribution is 2.36. The lowest BCUT2D eigenvalue weighted by atomic mass is 9.89. The number of ether oxygens (including phenoxy) is 3. The molecule has 1 unspecified atom stereocenters. The van der Waals surface area contributed by atoms with E-state index in [1.165, 1.54) is 0 Å².